The van der Waals surface area contributed by atoms with E-state index in [9.17, 15) is 0 Å². The molecule has 0 amide bonds. The zero-order valence-corrected chi connectivity index (χ0v) is 8.75. The summed E-state index contributed by atoms with van der Waals surface area (Å²) in [6, 6.07) is 4.15. The van der Waals surface area contributed by atoms with Gasteiger partial charge in [-0.1, -0.05) is 0 Å². The summed E-state index contributed by atoms with van der Waals surface area (Å²) in [6.07, 6.45) is 1.78. The number of thiophene rings is 1. The third-order valence-electron chi connectivity index (χ3n) is 1.75. The average molecular weight is 213 g/mol. The Morgan fingerprint density at radius 2 is 2.38 bits per heavy atom. The van der Waals surface area contributed by atoms with E-state index >= 15 is 0 Å². The predicted molar refractivity (Wildman–Crippen MR) is 56.2 cm³/mol. The van der Waals surface area contributed by atoms with Crippen LogP contribution in [0.25, 0.3) is 10.7 Å². The van der Waals surface area contributed by atoms with Gasteiger partial charge < -0.3 is 4.98 Å². The monoisotopic (exact) mass is 212 g/mol. The van der Waals surface area contributed by atoms with Crippen LogP contribution in [0.2, 0.25) is 0 Å². The van der Waals surface area contributed by atoms with E-state index < -0.39 is 0 Å². The third kappa shape index (κ3) is 1.76. The molecule has 0 aliphatic carbocycles. The van der Waals surface area contributed by atoms with Gasteiger partial charge in [0.15, 0.2) is 0 Å². The lowest BCUT2D eigenvalue weighted by atomic mass is 10.4. The molecule has 2 nitrogen and oxygen atoms in total. The summed E-state index contributed by atoms with van der Waals surface area (Å²) < 4.78 is 0. The number of halogens is 1. The normalized spacial score (nSPS) is 10.6. The first-order valence-corrected chi connectivity index (χ1v) is 5.31. The third-order valence-corrected chi connectivity index (χ3v) is 3.04. The number of aryl methyl sites for hydroxylation is 1. The van der Waals surface area contributed by atoms with Gasteiger partial charge in [0.05, 0.1) is 10.8 Å². The molecule has 13 heavy (non-hydrogen) atoms. The summed E-state index contributed by atoms with van der Waals surface area (Å²) in [6.45, 7) is 2.08. The minimum absolute atomic E-state index is 0.483. The lowest BCUT2D eigenvalue weighted by molar-refractivity contribution is 1.23. The molecule has 2 rings (SSSR count). The van der Waals surface area contributed by atoms with Crippen LogP contribution < -0.4 is 0 Å². The number of imidazole rings is 1. The molecule has 68 valence electrons. The molecule has 0 radical (unpaired) electrons. The molecule has 0 aliphatic rings. The van der Waals surface area contributed by atoms with Gasteiger partial charge in [-0.3, -0.25) is 0 Å². The summed E-state index contributed by atoms with van der Waals surface area (Å²) in [5.74, 6) is 1.39. The molecule has 0 aromatic carbocycles. The van der Waals surface area contributed by atoms with Crippen LogP contribution in [0.3, 0.4) is 0 Å². The van der Waals surface area contributed by atoms with Crippen molar-refractivity contribution in [3.05, 3.63) is 28.9 Å². The molecule has 2 aromatic rings. The van der Waals surface area contributed by atoms with E-state index in [4.69, 9.17) is 11.6 Å². The van der Waals surface area contributed by atoms with Crippen LogP contribution >= 0.6 is 22.9 Å². The second kappa shape index (κ2) is 3.52. The molecule has 1 N–H and O–H groups in total. The van der Waals surface area contributed by atoms with Crippen molar-refractivity contribution in [2.45, 2.75) is 12.8 Å². The number of aromatic nitrogens is 2. The minimum Gasteiger partial charge on any atom is -0.340 e. The van der Waals surface area contributed by atoms with Crippen molar-refractivity contribution in [2.75, 3.05) is 0 Å². The van der Waals surface area contributed by atoms with E-state index in [1.165, 1.54) is 4.88 Å². The van der Waals surface area contributed by atoms with Crippen LogP contribution in [0.15, 0.2) is 18.3 Å². The highest BCUT2D eigenvalue weighted by molar-refractivity contribution is 7.15. The summed E-state index contributed by atoms with van der Waals surface area (Å²) in [5, 5.41) is 0. The Kier molecular flexibility index (Phi) is 2.38. The first kappa shape index (κ1) is 8.78. The van der Waals surface area contributed by atoms with E-state index in [2.05, 4.69) is 29.0 Å². The van der Waals surface area contributed by atoms with Gasteiger partial charge in [-0.15, -0.1) is 22.9 Å². The van der Waals surface area contributed by atoms with E-state index in [0.29, 0.717) is 5.88 Å². The molecule has 4 heteroatoms. The lowest BCUT2D eigenvalue weighted by Crippen LogP contribution is -1.76. The zero-order chi connectivity index (χ0) is 9.26. The van der Waals surface area contributed by atoms with Gasteiger partial charge in [-0.05, 0) is 19.1 Å². The molecule has 0 fully saturated rings. The number of alkyl halides is 1. The smallest absolute Gasteiger partial charge is 0.147 e. The number of nitrogens with zero attached hydrogens (tertiary/aromatic N) is 1. The van der Waals surface area contributed by atoms with Gasteiger partial charge in [0.2, 0.25) is 0 Å². The Bertz CT molecular complexity index is 405. The van der Waals surface area contributed by atoms with Crippen LogP contribution in [0.1, 0.15) is 10.6 Å². The van der Waals surface area contributed by atoms with E-state index in [-0.39, 0.29) is 0 Å². The first-order chi connectivity index (χ1) is 6.29. The Morgan fingerprint density at radius 1 is 1.54 bits per heavy atom. The van der Waals surface area contributed by atoms with Gasteiger partial charge in [0.25, 0.3) is 0 Å². The Morgan fingerprint density at radius 3 is 2.92 bits per heavy atom. The predicted octanol–water partition coefficient (Wildman–Crippen LogP) is 3.19. The fourth-order valence-electron chi connectivity index (χ4n) is 1.11. The van der Waals surface area contributed by atoms with Crippen molar-refractivity contribution in [2.24, 2.45) is 0 Å². The van der Waals surface area contributed by atoms with Crippen LogP contribution in [-0.2, 0) is 5.88 Å². The number of hydrogen-bond donors (Lipinski definition) is 1. The zero-order valence-electron chi connectivity index (χ0n) is 7.17. The summed E-state index contributed by atoms with van der Waals surface area (Å²) in [5.41, 5.74) is 0.961. The highest BCUT2D eigenvalue weighted by atomic mass is 35.5. The van der Waals surface area contributed by atoms with Crippen molar-refractivity contribution in [1.82, 2.24) is 9.97 Å². The highest BCUT2D eigenvalue weighted by Crippen LogP contribution is 2.25. The number of nitrogens with one attached hydrogen (secondary N) is 1. The van der Waals surface area contributed by atoms with E-state index in [1.54, 1.807) is 17.5 Å². The molecule has 0 unspecified atom stereocenters. The van der Waals surface area contributed by atoms with Crippen molar-refractivity contribution in [3.63, 3.8) is 0 Å². The van der Waals surface area contributed by atoms with Gasteiger partial charge >= 0.3 is 0 Å². The van der Waals surface area contributed by atoms with E-state index in [1.807, 2.05) is 0 Å². The molecule has 0 bridgehead atoms. The molecular weight excluding hydrogens is 204 g/mol. The molecule has 0 saturated carbocycles. The molecule has 2 aromatic heterocycles. The summed E-state index contributed by atoms with van der Waals surface area (Å²) in [7, 11) is 0. The highest BCUT2D eigenvalue weighted by Gasteiger charge is 2.04. The Balaban J connectivity index is 2.35. The number of H-pyrrole nitrogens is 1. The topological polar surface area (TPSA) is 28.7 Å². The van der Waals surface area contributed by atoms with Crippen molar-refractivity contribution >= 4 is 22.9 Å². The van der Waals surface area contributed by atoms with Gasteiger partial charge in [0.1, 0.15) is 5.82 Å². The molecule has 0 spiro atoms. The Labute approximate surface area is 85.6 Å². The van der Waals surface area contributed by atoms with Gasteiger partial charge in [0, 0.05) is 16.8 Å². The largest absolute Gasteiger partial charge is 0.340 e. The summed E-state index contributed by atoms with van der Waals surface area (Å²) >= 11 is 7.39. The first-order valence-electron chi connectivity index (χ1n) is 3.96. The minimum atomic E-state index is 0.483. The average Bonchev–Trinajstić information content (AvgIpc) is 2.71. The maximum absolute atomic E-state index is 5.67. The van der Waals surface area contributed by atoms with Crippen molar-refractivity contribution in [1.29, 1.82) is 0 Å². The van der Waals surface area contributed by atoms with Gasteiger partial charge in [-0.25, -0.2) is 4.98 Å². The van der Waals surface area contributed by atoms with Crippen molar-refractivity contribution in [3.8, 4) is 10.7 Å². The molecular formula is C9H9ClN2S. The number of hydrogen-bond acceptors (Lipinski definition) is 2. The fraction of sp³-hybridized carbons (Fsp3) is 0.222. The molecule has 0 atom stereocenters. The summed E-state index contributed by atoms with van der Waals surface area (Å²) in [4.78, 5) is 9.85. The maximum Gasteiger partial charge on any atom is 0.147 e. The molecule has 2 heterocycles. The Hall–Kier alpha value is -0.800. The maximum atomic E-state index is 5.67. The number of rotatable bonds is 2. The van der Waals surface area contributed by atoms with Crippen LogP contribution in [0, 0.1) is 6.92 Å². The number of aromatic amines is 1. The van der Waals surface area contributed by atoms with Crippen LogP contribution in [-0.4, -0.2) is 9.97 Å². The van der Waals surface area contributed by atoms with Crippen LogP contribution in [0.5, 0.6) is 0 Å². The van der Waals surface area contributed by atoms with Crippen LogP contribution in [0.4, 0.5) is 0 Å². The standard InChI is InChI=1S/C9H9ClN2S/c1-6-2-3-8(13-6)9-11-5-7(4-10)12-9/h2-3,5H,4H2,1H3,(H,11,12). The molecule has 0 saturated heterocycles. The fourth-order valence-corrected chi connectivity index (χ4v) is 2.07. The van der Waals surface area contributed by atoms with E-state index in [0.717, 1.165) is 16.4 Å². The van der Waals surface area contributed by atoms with Gasteiger partial charge in [-0.2, -0.15) is 0 Å². The van der Waals surface area contributed by atoms with Crippen molar-refractivity contribution < 1.29 is 0 Å². The molecule has 0 aliphatic heterocycles. The quantitative estimate of drug-likeness (QED) is 0.762. The SMILES string of the molecule is Cc1ccc(-c2ncc(CCl)[nH]2)s1. The lowest BCUT2D eigenvalue weighted by Gasteiger charge is -1.88. The second-order valence-corrected chi connectivity index (χ2v) is 4.36. The second-order valence-electron chi connectivity index (χ2n) is 2.80.